The normalized spacial score (nSPS) is 14.8. The van der Waals surface area contributed by atoms with Crippen molar-refractivity contribution in [3.05, 3.63) is 46.0 Å². The summed E-state index contributed by atoms with van der Waals surface area (Å²) >= 11 is 12.1. The topological polar surface area (TPSA) is 42.7 Å². The summed E-state index contributed by atoms with van der Waals surface area (Å²) < 4.78 is 1.78. The van der Waals surface area contributed by atoms with E-state index in [0.717, 1.165) is 17.9 Å². The van der Waals surface area contributed by atoms with Crippen molar-refractivity contribution in [3.63, 3.8) is 0 Å². The molecule has 1 fully saturated rings. The molecule has 2 aromatic rings. The zero-order valence-electron chi connectivity index (χ0n) is 10.3. The van der Waals surface area contributed by atoms with Crippen molar-refractivity contribution in [1.82, 2.24) is 20.1 Å². The summed E-state index contributed by atoms with van der Waals surface area (Å²) in [6.07, 6.45) is 4.25. The highest BCUT2D eigenvalue weighted by Crippen LogP contribution is 2.21. The molecule has 1 aromatic carbocycles. The fourth-order valence-electron chi connectivity index (χ4n) is 1.85. The molecule has 0 spiro atoms. The number of nitrogens with zero attached hydrogens (tertiary/aromatic N) is 3. The van der Waals surface area contributed by atoms with Gasteiger partial charge in [-0.15, -0.1) is 0 Å². The molecular formula is C13H14Cl2N4. The first kappa shape index (κ1) is 12.9. The maximum atomic E-state index is 6.13. The highest BCUT2D eigenvalue weighted by Gasteiger charge is 2.20. The summed E-state index contributed by atoms with van der Waals surface area (Å²) in [6, 6.07) is 6.09. The van der Waals surface area contributed by atoms with Gasteiger partial charge in [-0.2, -0.15) is 5.10 Å². The van der Waals surface area contributed by atoms with Gasteiger partial charge in [0.2, 0.25) is 0 Å². The minimum atomic E-state index is 0.579. The first-order valence-electron chi connectivity index (χ1n) is 6.26. The molecule has 1 aromatic heterocycles. The second-order valence-corrected chi connectivity index (χ2v) is 5.59. The third-order valence-electron chi connectivity index (χ3n) is 3.05. The molecular weight excluding hydrogens is 283 g/mol. The van der Waals surface area contributed by atoms with Gasteiger partial charge in [0.25, 0.3) is 0 Å². The highest BCUT2D eigenvalue weighted by atomic mass is 35.5. The molecule has 3 rings (SSSR count). The third kappa shape index (κ3) is 3.47. The number of hydrogen-bond acceptors (Lipinski definition) is 3. The van der Waals surface area contributed by atoms with Crippen LogP contribution in [0, 0.1) is 0 Å². The Morgan fingerprint density at radius 1 is 1.32 bits per heavy atom. The third-order valence-corrected chi connectivity index (χ3v) is 3.65. The van der Waals surface area contributed by atoms with Gasteiger partial charge in [0.1, 0.15) is 6.33 Å². The zero-order chi connectivity index (χ0) is 13.2. The van der Waals surface area contributed by atoms with Crippen LogP contribution in [0.1, 0.15) is 24.2 Å². The molecule has 0 aliphatic heterocycles. The van der Waals surface area contributed by atoms with Crippen LogP contribution in [-0.2, 0) is 13.1 Å². The number of nitrogens with one attached hydrogen (secondary N) is 1. The highest BCUT2D eigenvalue weighted by molar-refractivity contribution is 6.33. The van der Waals surface area contributed by atoms with Crippen molar-refractivity contribution in [1.29, 1.82) is 0 Å². The molecule has 0 saturated heterocycles. The lowest BCUT2D eigenvalue weighted by Gasteiger charge is -2.04. The lowest BCUT2D eigenvalue weighted by Crippen LogP contribution is -2.16. The van der Waals surface area contributed by atoms with Crippen LogP contribution in [0.15, 0.2) is 24.5 Å². The molecule has 1 aliphatic carbocycles. The monoisotopic (exact) mass is 296 g/mol. The molecule has 1 heterocycles. The Morgan fingerprint density at radius 3 is 2.95 bits per heavy atom. The van der Waals surface area contributed by atoms with E-state index in [-0.39, 0.29) is 0 Å². The summed E-state index contributed by atoms with van der Waals surface area (Å²) in [5.74, 6) is 0.810. The summed E-state index contributed by atoms with van der Waals surface area (Å²) in [5.41, 5.74) is 0.945. The van der Waals surface area contributed by atoms with E-state index in [1.165, 1.54) is 12.8 Å². The fourth-order valence-corrected chi connectivity index (χ4v) is 2.22. The predicted molar refractivity (Wildman–Crippen MR) is 75.4 cm³/mol. The van der Waals surface area contributed by atoms with Gasteiger partial charge in [-0.3, -0.25) is 0 Å². The van der Waals surface area contributed by atoms with Crippen LogP contribution in [0.2, 0.25) is 10.0 Å². The maximum absolute atomic E-state index is 6.13. The average Bonchev–Trinajstić information content (AvgIpc) is 3.12. The SMILES string of the molecule is Clc1ccc(Cl)c(Cn2cnc(CNC3CC3)n2)c1. The van der Waals surface area contributed by atoms with Crippen LogP contribution in [0.3, 0.4) is 0 Å². The summed E-state index contributed by atoms with van der Waals surface area (Å²) in [4.78, 5) is 4.28. The van der Waals surface area contributed by atoms with Crippen LogP contribution in [0.4, 0.5) is 0 Å². The van der Waals surface area contributed by atoms with E-state index in [1.54, 1.807) is 23.1 Å². The van der Waals surface area contributed by atoms with Crippen LogP contribution in [0.25, 0.3) is 0 Å². The van der Waals surface area contributed by atoms with Crippen LogP contribution >= 0.6 is 23.2 Å². The second kappa shape index (κ2) is 5.49. The molecule has 0 radical (unpaired) electrons. The molecule has 1 N–H and O–H groups in total. The van der Waals surface area contributed by atoms with Gasteiger partial charge in [0, 0.05) is 16.1 Å². The van der Waals surface area contributed by atoms with Gasteiger partial charge < -0.3 is 5.32 Å². The molecule has 19 heavy (non-hydrogen) atoms. The molecule has 100 valence electrons. The van der Waals surface area contributed by atoms with Crippen LogP contribution in [0.5, 0.6) is 0 Å². The number of aromatic nitrogens is 3. The first-order chi connectivity index (χ1) is 9.20. The molecule has 6 heteroatoms. The van der Waals surface area contributed by atoms with E-state index in [1.807, 2.05) is 6.07 Å². The minimum Gasteiger partial charge on any atom is -0.307 e. The summed E-state index contributed by atoms with van der Waals surface area (Å²) in [5, 5.41) is 9.17. The van der Waals surface area contributed by atoms with E-state index in [4.69, 9.17) is 23.2 Å². The number of rotatable bonds is 5. The van der Waals surface area contributed by atoms with Crippen molar-refractivity contribution < 1.29 is 0 Å². The standard InChI is InChI=1S/C13H14Cl2N4/c14-10-1-4-12(15)9(5-10)7-19-8-17-13(18-19)6-16-11-2-3-11/h1,4-5,8,11,16H,2-3,6-7H2. The first-order valence-corrected chi connectivity index (χ1v) is 7.02. The molecule has 4 nitrogen and oxygen atoms in total. The van der Waals surface area contributed by atoms with Crippen molar-refractivity contribution in [3.8, 4) is 0 Å². The fraction of sp³-hybridized carbons (Fsp3) is 0.385. The van der Waals surface area contributed by atoms with E-state index < -0.39 is 0 Å². The Balaban J connectivity index is 1.66. The van der Waals surface area contributed by atoms with Crippen molar-refractivity contribution in [2.75, 3.05) is 0 Å². The van der Waals surface area contributed by atoms with Crippen LogP contribution < -0.4 is 5.32 Å². The van der Waals surface area contributed by atoms with Gasteiger partial charge in [-0.1, -0.05) is 23.2 Å². The number of hydrogen-bond donors (Lipinski definition) is 1. The Kier molecular flexibility index (Phi) is 3.73. The molecule has 0 atom stereocenters. The summed E-state index contributed by atoms with van der Waals surface area (Å²) in [7, 11) is 0. The van der Waals surface area contributed by atoms with Crippen LogP contribution in [-0.4, -0.2) is 20.8 Å². The summed E-state index contributed by atoms with van der Waals surface area (Å²) in [6.45, 7) is 1.30. The number of halogens is 2. The quantitative estimate of drug-likeness (QED) is 0.922. The van der Waals surface area contributed by atoms with E-state index >= 15 is 0 Å². The second-order valence-electron chi connectivity index (χ2n) is 4.75. The Bertz CT molecular complexity index is 578. The van der Waals surface area contributed by atoms with E-state index in [0.29, 0.717) is 22.6 Å². The lowest BCUT2D eigenvalue weighted by molar-refractivity contribution is 0.628. The molecule has 0 amide bonds. The smallest absolute Gasteiger partial charge is 0.164 e. The zero-order valence-corrected chi connectivity index (χ0v) is 11.8. The van der Waals surface area contributed by atoms with Gasteiger partial charge >= 0.3 is 0 Å². The Hall–Kier alpha value is -1.10. The Labute approximate surface area is 121 Å². The number of benzene rings is 1. The molecule has 0 bridgehead atoms. The maximum Gasteiger partial charge on any atom is 0.164 e. The van der Waals surface area contributed by atoms with E-state index in [9.17, 15) is 0 Å². The predicted octanol–water partition coefficient (Wildman–Crippen LogP) is 2.89. The van der Waals surface area contributed by atoms with Crippen molar-refractivity contribution in [2.45, 2.75) is 32.0 Å². The van der Waals surface area contributed by atoms with Gasteiger partial charge in [0.05, 0.1) is 13.1 Å². The molecule has 1 saturated carbocycles. The van der Waals surface area contributed by atoms with E-state index in [2.05, 4.69) is 15.4 Å². The Morgan fingerprint density at radius 2 is 2.16 bits per heavy atom. The van der Waals surface area contributed by atoms with Crippen molar-refractivity contribution >= 4 is 23.2 Å². The largest absolute Gasteiger partial charge is 0.307 e. The average molecular weight is 297 g/mol. The van der Waals surface area contributed by atoms with Gasteiger partial charge in [0.15, 0.2) is 5.82 Å². The minimum absolute atomic E-state index is 0.579. The molecule has 0 unspecified atom stereocenters. The van der Waals surface area contributed by atoms with Crippen molar-refractivity contribution in [2.24, 2.45) is 0 Å². The lowest BCUT2D eigenvalue weighted by atomic mass is 10.2. The van der Waals surface area contributed by atoms with Gasteiger partial charge in [-0.05, 0) is 36.6 Å². The van der Waals surface area contributed by atoms with Gasteiger partial charge in [-0.25, -0.2) is 9.67 Å². The molecule has 1 aliphatic rings.